The number of aliphatic imine (C=N–C) groups is 1. The van der Waals surface area contributed by atoms with Crippen LogP contribution in [-0.4, -0.2) is 88.7 Å². The lowest BCUT2D eigenvalue weighted by Crippen LogP contribution is -2.59. The summed E-state index contributed by atoms with van der Waals surface area (Å²) in [5, 5.41) is 26.8. The highest BCUT2D eigenvalue weighted by Crippen LogP contribution is 2.07. The second-order valence-corrected chi connectivity index (χ2v) is 9.64. The first-order valence-corrected chi connectivity index (χ1v) is 12.8. The average Bonchev–Trinajstić information content (AvgIpc) is 2.75. The summed E-state index contributed by atoms with van der Waals surface area (Å²) in [5.41, 5.74) is 16.5. The van der Waals surface area contributed by atoms with Gasteiger partial charge in [-0.05, 0) is 50.5 Å². The van der Waals surface area contributed by atoms with Gasteiger partial charge in [-0.2, -0.15) is 11.8 Å². The Hall–Kier alpha value is -2.58. The number of aliphatic hydroxyl groups excluding tert-OH is 1. The van der Waals surface area contributed by atoms with Crippen LogP contribution < -0.4 is 33.2 Å². The standard InChI is InChI=1S/C21H41N7O6S/c1-11(2)10-13(22)17(30)26-14(6-5-8-25-21(23)24)18(31)28-16(12(3)29)19(32)27-15(20(33)34)7-9-35-4/h11-16,29H,5-10,22H2,1-4H3,(H,26,30)(H,27,32)(H,28,31)(H,33,34)(H4,23,24,25). The van der Waals surface area contributed by atoms with Crippen molar-refractivity contribution < 1.29 is 29.4 Å². The van der Waals surface area contributed by atoms with Crippen LogP contribution in [0, 0.1) is 5.92 Å². The molecule has 0 aliphatic carbocycles. The van der Waals surface area contributed by atoms with E-state index in [4.69, 9.17) is 17.2 Å². The van der Waals surface area contributed by atoms with Gasteiger partial charge in [-0.15, -0.1) is 0 Å². The number of aliphatic hydroxyl groups is 1. The molecule has 11 N–H and O–H groups in total. The molecular weight excluding hydrogens is 478 g/mol. The van der Waals surface area contributed by atoms with E-state index in [0.717, 1.165) is 0 Å². The maximum absolute atomic E-state index is 13.0. The molecule has 35 heavy (non-hydrogen) atoms. The summed E-state index contributed by atoms with van der Waals surface area (Å²) < 4.78 is 0. The van der Waals surface area contributed by atoms with Crippen molar-refractivity contribution in [3.05, 3.63) is 0 Å². The summed E-state index contributed by atoms with van der Waals surface area (Å²) in [4.78, 5) is 53.5. The monoisotopic (exact) mass is 519 g/mol. The zero-order chi connectivity index (χ0) is 27.1. The number of nitrogens with two attached hydrogens (primary N) is 3. The molecule has 0 saturated heterocycles. The topological polar surface area (TPSA) is 235 Å². The van der Waals surface area contributed by atoms with Gasteiger partial charge < -0.3 is 43.4 Å². The highest BCUT2D eigenvalue weighted by Gasteiger charge is 2.32. The molecule has 0 aliphatic rings. The normalized spacial score (nSPS) is 15.3. The Morgan fingerprint density at radius 2 is 1.54 bits per heavy atom. The summed E-state index contributed by atoms with van der Waals surface area (Å²) in [7, 11) is 0. The van der Waals surface area contributed by atoms with Crippen molar-refractivity contribution in [2.24, 2.45) is 28.1 Å². The van der Waals surface area contributed by atoms with Crippen molar-refractivity contribution >= 4 is 41.4 Å². The number of nitrogens with zero attached hydrogens (tertiary/aromatic N) is 1. The lowest BCUT2D eigenvalue weighted by atomic mass is 10.0. The summed E-state index contributed by atoms with van der Waals surface area (Å²) in [6, 6.07) is -4.56. The minimum atomic E-state index is -1.44. The molecule has 0 bridgehead atoms. The highest BCUT2D eigenvalue weighted by atomic mass is 32.2. The number of aliphatic carboxylic acids is 1. The van der Waals surface area contributed by atoms with Gasteiger partial charge in [0.1, 0.15) is 18.1 Å². The molecule has 3 amide bonds. The second kappa shape index (κ2) is 16.9. The third-order valence-electron chi connectivity index (χ3n) is 4.93. The van der Waals surface area contributed by atoms with E-state index < -0.39 is 54.0 Å². The summed E-state index contributed by atoms with van der Waals surface area (Å²) in [5.74, 6) is -2.84. The SMILES string of the molecule is CSCCC(NC(=O)C(NC(=O)C(CCCN=C(N)N)NC(=O)C(N)CC(C)C)C(C)O)C(=O)O. The average molecular weight is 520 g/mol. The molecule has 0 saturated carbocycles. The summed E-state index contributed by atoms with van der Waals surface area (Å²) in [6.45, 7) is 5.30. The smallest absolute Gasteiger partial charge is 0.326 e. The van der Waals surface area contributed by atoms with E-state index in [2.05, 4.69) is 20.9 Å². The summed E-state index contributed by atoms with van der Waals surface area (Å²) in [6.07, 6.45) is 1.49. The Morgan fingerprint density at radius 3 is 2.03 bits per heavy atom. The molecule has 14 heteroatoms. The molecule has 0 spiro atoms. The fraction of sp³-hybridized carbons (Fsp3) is 0.762. The van der Waals surface area contributed by atoms with E-state index in [0.29, 0.717) is 18.6 Å². The number of carbonyl (C=O) groups is 4. The predicted octanol–water partition coefficient (Wildman–Crippen LogP) is -1.91. The fourth-order valence-electron chi connectivity index (χ4n) is 3.08. The van der Waals surface area contributed by atoms with Crippen LogP contribution >= 0.6 is 11.8 Å². The van der Waals surface area contributed by atoms with Gasteiger partial charge in [0.05, 0.1) is 12.1 Å². The van der Waals surface area contributed by atoms with Crippen molar-refractivity contribution in [1.29, 1.82) is 0 Å². The fourth-order valence-corrected chi connectivity index (χ4v) is 3.55. The van der Waals surface area contributed by atoms with Gasteiger partial charge in [-0.3, -0.25) is 19.4 Å². The number of guanidine groups is 1. The van der Waals surface area contributed by atoms with Gasteiger partial charge in [-0.25, -0.2) is 4.79 Å². The van der Waals surface area contributed by atoms with E-state index in [1.165, 1.54) is 18.7 Å². The van der Waals surface area contributed by atoms with Gasteiger partial charge in [0.15, 0.2) is 5.96 Å². The first kappa shape index (κ1) is 32.4. The lowest BCUT2D eigenvalue weighted by molar-refractivity contribution is -0.143. The van der Waals surface area contributed by atoms with E-state index in [9.17, 15) is 29.4 Å². The van der Waals surface area contributed by atoms with Gasteiger partial charge in [-0.1, -0.05) is 13.8 Å². The molecule has 0 rings (SSSR count). The van der Waals surface area contributed by atoms with Crippen LogP contribution in [0.4, 0.5) is 0 Å². The number of thioether (sulfide) groups is 1. The number of hydrogen-bond donors (Lipinski definition) is 8. The van der Waals surface area contributed by atoms with Crippen LogP contribution in [0.1, 0.15) is 46.5 Å². The Morgan fingerprint density at radius 1 is 0.943 bits per heavy atom. The van der Waals surface area contributed by atoms with E-state index >= 15 is 0 Å². The molecule has 0 aromatic heterocycles. The number of nitrogens with one attached hydrogen (secondary N) is 3. The quantitative estimate of drug-likeness (QED) is 0.0602. The second-order valence-electron chi connectivity index (χ2n) is 8.65. The number of rotatable bonds is 17. The van der Waals surface area contributed by atoms with Gasteiger partial charge in [0, 0.05) is 6.54 Å². The first-order valence-electron chi connectivity index (χ1n) is 11.4. The minimum Gasteiger partial charge on any atom is -0.480 e. The molecule has 202 valence electrons. The van der Waals surface area contributed by atoms with Crippen molar-refractivity contribution in [2.45, 2.75) is 76.7 Å². The van der Waals surface area contributed by atoms with E-state index in [1.54, 1.807) is 6.26 Å². The largest absolute Gasteiger partial charge is 0.480 e. The Labute approximate surface area is 210 Å². The minimum absolute atomic E-state index is 0.116. The van der Waals surface area contributed by atoms with E-state index in [1.807, 2.05) is 13.8 Å². The van der Waals surface area contributed by atoms with Crippen molar-refractivity contribution in [3.63, 3.8) is 0 Å². The van der Waals surface area contributed by atoms with Crippen LogP contribution in [0.2, 0.25) is 0 Å². The maximum atomic E-state index is 13.0. The molecule has 5 unspecified atom stereocenters. The molecule has 0 fully saturated rings. The lowest BCUT2D eigenvalue weighted by Gasteiger charge is -2.26. The van der Waals surface area contributed by atoms with Crippen LogP contribution in [0.25, 0.3) is 0 Å². The van der Waals surface area contributed by atoms with Crippen LogP contribution in [0.15, 0.2) is 4.99 Å². The number of hydrogen-bond acceptors (Lipinski definition) is 8. The Balaban J connectivity index is 5.49. The third kappa shape index (κ3) is 13.8. The molecule has 0 aromatic rings. The molecule has 0 heterocycles. The molecule has 0 aromatic carbocycles. The van der Waals surface area contributed by atoms with Crippen molar-refractivity contribution in [1.82, 2.24) is 16.0 Å². The van der Waals surface area contributed by atoms with Crippen LogP contribution in [0.5, 0.6) is 0 Å². The van der Waals surface area contributed by atoms with Crippen molar-refractivity contribution in [2.75, 3.05) is 18.6 Å². The molecule has 0 aliphatic heterocycles. The molecule has 5 atom stereocenters. The number of carboxylic acids is 1. The first-order chi connectivity index (χ1) is 16.3. The third-order valence-corrected chi connectivity index (χ3v) is 5.57. The summed E-state index contributed by atoms with van der Waals surface area (Å²) >= 11 is 1.42. The van der Waals surface area contributed by atoms with E-state index in [-0.39, 0.29) is 31.3 Å². The molecular formula is C21H41N7O6S. The number of amides is 3. The highest BCUT2D eigenvalue weighted by molar-refractivity contribution is 7.98. The maximum Gasteiger partial charge on any atom is 0.326 e. The zero-order valence-electron chi connectivity index (χ0n) is 20.8. The number of carboxylic acid groups (broad SMARTS) is 1. The van der Waals surface area contributed by atoms with Gasteiger partial charge in [0.25, 0.3) is 0 Å². The Kier molecular flexibility index (Phi) is 15.7. The van der Waals surface area contributed by atoms with Gasteiger partial charge >= 0.3 is 5.97 Å². The zero-order valence-corrected chi connectivity index (χ0v) is 21.6. The molecule has 0 radical (unpaired) electrons. The van der Waals surface area contributed by atoms with Gasteiger partial charge in [0.2, 0.25) is 17.7 Å². The van der Waals surface area contributed by atoms with Crippen molar-refractivity contribution in [3.8, 4) is 0 Å². The van der Waals surface area contributed by atoms with Crippen LogP contribution in [0.3, 0.4) is 0 Å². The van der Waals surface area contributed by atoms with Crippen LogP contribution in [-0.2, 0) is 19.2 Å². The number of carbonyl (C=O) groups excluding carboxylic acids is 3. The Bertz CT molecular complexity index is 731. The molecule has 13 nitrogen and oxygen atoms in total. The predicted molar refractivity (Wildman–Crippen MR) is 135 cm³/mol.